The van der Waals surface area contributed by atoms with Crippen molar-refractivity contribution in [3.63, 3.8) is 0 Å². The number of allylic oxidation sites excluding steroid dienone is 1. The van der Waals surface area contributed by atoms with Gasteiger partial charge in [0, 0.05) is 5.56 Å². The first-order chi connectivity index (χ1) is 22.9. The molecule has 1 aromatic heterocycles. The summed E-state index contributed by atoms with van der Waals surface area (Å²) in [5.74, 6) is 0.754. The molecule has 1 atom stereocenters. The van der Waals surface area contributed by atoms with Crippen molar-refractivity contribution in [1.82, 2.24) is 4.57 Å². The molecule has 0 saturated carbocycles. The predicted octanol–water partition coefficient (Wildman–Crippen LogP) is 6.19. The average Bonchev–Trinajstić information content (AvgIpc) is 3.41. The fourth-order valence-electron chi connectivity index (χ4n) is 5.78. The summed E-state index contributed by atoms with van der Waals surface area (Å²) in [6, 6.07) is 27.8. The van der Waals surface area contributed by atoms with Crippen molar-refractivity contribution in [3.8, 4) is 17.6 Å². The molecule has 0 radical (unpaired) electrons. The van der Waals surface area contributed by atoms with Crippen LogP contribution < -0.4 is 24.4 Å². The first kappa shape index (κ1) is 31.5. The number of nitrogens with zero attached hydrogens (tertiary/aromatic N) is 3. The van der Waals surface area contributed by atoms with Crippen LogP contribution in [0.15, 0.2) is 106 Å². The summed E-state index contributed by atoms with van der Waals surface area (Å²) < 4.78 is 19.5. The quantitative estimate of drug-likeness (QED) is 0.168. The molecule has 0 spiro atoms. The summed E-state index contributed by atoms with van der Waals surface area (Å²) >= 11 is 1.29. The second-order valence-corrected chi connectivity index (χ2v) is 12.0. The molecule has 9 heteroatoms. The van der Waals surface area contributed by atoms with Gasteiger partial charge in [0.25, 0.3) is 5.56 Å². The summed E-state index contributed by atoms with van der Waals surface area (Å²) in [7, 11) is 1.59. The van der Waals surface area contributed by atoms with Crippen molar-refractivity contribution >= 4 is 34.2 Å². The molecule has 1 aliphatic heterocycles. The molecule has 6 rings (SSSR count). The van der Waals surface area contributed by atoms with Gasteiger partial charge in [-0.15, -0.1) is 0 Å². The van der Waals surface area contributed by atoms with Crippen molar-refractivity contribution in [1.29, 1.82) is 5.26 Å². The number of ether oxygens (including phenoxy) is 3. The number of carbonyl (C=O) groups is 1. The molecule has 0 aliphatic carbocycles. The fraction of sp³-hybridized carbons (Fsp3) is 0.211. The van der Waals surface area contributed by atoms with Crippen LogP contribution in [0.1, 0.15) is 55.0 Å². The third-order valence-electron chi connectivity index (χ3n) is 7.98. The van der Waals surface area contributed by atoms with Gasteiger partial charge in [0.05, 0.1) is 41.2 Å². The standard InChI is InChI=1S/C38H33N3O5S/c1-4-8-30-34(37(43)45-5-2)35(33-29-10-7-6-9-27(29)17-20-31(33)44-3)41-36(42)32(47-38(41)40-30)21-24-15-18-28(19-16-24)46-23-26-13-11-25(22-39)12-14-26/h6-7,9-21,35H,4-5,8,23H2,1-3H3/b32-21-/t35-/m0/s1. The molecule has 4 aromatic carbocycles. The Balaban J connectivity index is 1.44. The summed E-state index contributed by atoms with van der Waals surface area (Å²) in [6.07, 6.45) is 3.14. The van der Waals surface area contributed by atoms with Gasteiger partial charge < -0.3 is 14.2 Å². The van der Waals surface area contributed by atoms with Gasteiger partial charge in [0.2, 0.25) is 0 Å². The molecule has 1 aliphatic rings. The number of carbonyl (C=O) groups excluding carboxylic acids is 1. The lowest BCUT2D eigenvalue weighted by molar-refractivity contribution is -0.139. The average molecular weight is 644 g/mol. The van der Waals surface area contributed by atoms with Crippen LogP contribution in [0.3, 0.4) is 0 Å². The molecule has 0 fully saturated rings. The normalized spacial score (nSPS) is 14.3. The topological polar surface area (TPSA) is 103 Å². The number of methoxy groups -OCH3 is 1. The largest absolute Gasteiger partial charge is 0.496 e. The van der Waals surface area contributed by atoms with E-state index in [1.165, 1.54) is 11.3 Å². The maximum Gasteiger partial charge on any atom is 0.338 e. The van der Waals surface area contributed by atoms with Gasteiger partial charge in [0.15, 0.2) is 4.80 Å². The smallest absolute Gasteiger partial charge is 0.338 e. The summed E-state index contributed by atoms with van der Waals surface area (Å²) in [6.45, 7) is 4.36. The van der Waals surface area contributed by atoms with Gasteiger partial charge in [0.1, 0.15) is 24.1 Å². The number of thiazole rings is 1. The van der Waals surface area contributed by atoms with Crippen LogP contribution in [0.5, 0.6) is 11.5 Å². The number of nitriles is 1. The summed E-state index contributed by atoms with van der Waals surface area (Å²) in [5, 5.41) is 10.8. The van der Waals surface area contributed by atoms with E-state index in [0.29, 0.717) is 56.3 Å². The number of benzene rings is 4. The first-order valence-corrected chi connectivity index (χ1v) is 16.3. The molecule has 2 heterocycles. The van der Waals surface area contributed by atoms with Crippen LogP contribution in [-0.2, 0) is 16.1 Å². The molecular formula is C38H33N3O5S. The van der Waals surface area contributed by atoms with E-state index in [9.17, 15) is 9.59 Å². The Kier molecular flexibility index (Phi) is 9.32. The highest BCUT2D eigenvalue weighted by Gasteiger charge is 2.37. The van der Waals surface area contributed by atoms with Crippen LogP contribution in [0, 0.1) is 11.3 Å². The van der Waals surface area contributed by atoms with E-state index >= 15 is 0 Å². The first-order valence-electron chi connectivity index (χ1n) is 15.4. The van der Waals surface area contributed by atoms with Gasteiger partial charge in [-0.2, -0.15) is 5.26 Å². The lowest BCUT2D eigenvalue weighted by Crippen LogP contribution is -2.40. The highest BCUT2D eigenvalue weighted by Crippen LogP contribution is 2.41. The maximum absolute atomic E-state index is 14.3. The van der Waals surface area contributed by atoms with Crippen LogP contribution in [0.2, 0.25) is 0 Å². The van der Waals surface area contributed by atoms with E-state index in [1.807, 2.05) is 85.8 Å². The van der Waals surface area contributed by atoms with Gasteiger partial charge in [-0.05, 0) is 71.7 Å². The summed E-state index contributed by atoms with van der Waals surface area (Å²) in [4.78, 5) is 33.4. The Morgan fingerprint density at radius 1 is 1.02 bits per heavy atom. The van der Waals surface area contributed by atoms with Gasteiger partial charge in [-0.3, -0.25) is 9.36 Å². The van der Waals surface area contributed by atoms with Crippen LogP contribution in [-0.4, -0.2) is 24.3 Å². The van der Waals surface area contributed by atoms with E-state index in [-0.39, 0.29) is 12.2 Å². The van der Waals surface area contributed by atoms with Gasteiger partial charge >= 0.3 is 5.97 Å². The number of aromatic nitrogens is 1. The highest BCUT2D eigenvalue weighted by molar-refractivity contribution is 7.07. The number of esters is 1. The van der Waals surface area contributed by atoms with Gasteiger partial charge in [-0.1, -0.05) is 79.3 Å². The molecular weight excluding hydrogens is 611 g/mol. The third kappa shape index (κ3) is 6.33. The highest BCUT2D eigenvalue weighted by atomic mass is 32.1. The Morgan fingerprint density at radius 3 is 2.49 bits per heavy atom. The van der Waals surface area contributed by atoms with E-state index in [0.717, 1.165) is 28.3 Å². The number of fused-ring (bicyclic) bond motifs is 2. The number of hydrogen-bond acceptors (Lipinski definition) is 8. The molecule has 236 valence electrons. The van der Waals surface area contributed by atoms with E-state index < -0.39 is 12.0 Å². The predicted molar refractivity (Wildman–Crippen MR) is 182 cm³/mol. The Labute approximate surface area is 276 Å². The van der Waals surface area contributed by atoms with Crippen molar-refractivity contribution in [2.24, 2.45) is 4.99 Å². The Hall–Kier alpha value is -5.46. The SMILES string of the molecule is CCCC1=C(C(=O)OCC)[C@H](c2c(OC)ccc3ccccc23)n2c(s/c(=C\c3ccc(OCc4ccc(C#N)cc4)cc3)c2=O)=N1. The zero-order valence-corrected chi connectivity index (χ0v) is 27.2. The lowest BCUT2D eigenvalue weighted by atomic mass is 9.90. The van der Waals surface area contributed by atoms with Crippen LogP contribution in [0.4, 0.5) is 0 Å². The zero-order valence-electron chi connectivity index (χ0n) is 26.4. The second kappa shape index (κ2) is 13.9. The summed E-state index contributed by atoms with van der Waals surface area (Å²) in [5.41, 5.74) is 3.80. The van der Waals surface area contributed by atoms with E-state index in [2.05, 4.69) is 6.07 Å². The molecule has 0 unspecified atom stereocenters. The third-order valence-corrected chi connectivity index (χ3v) is 8.97. The number of rotatable bonds is 10. The lowest BCUT2D eigenvalue weighted by Gasteiger charge is -2.28. The Bertz CT molecular complexity index is 2210. The van der Waals surface area contributed by atoms with Crippen molar-refractivity contribution in [2.75, 3.05) is 13.7 Å². The molecule has 0 bridgehead atoms. The van der Waals surface area contributed by atoms with Crippen molar-refractivity contribution < 1.29 is 19.0 Å². The van der Waals surface area contributed by atoms with Crippen molar-refractivity contribution in [3.05, 3.63) is 138 Å². The molecule has 8 nitrogen and oxygen atoms in total. The van der Waals surface area contributed by atoms with Crippen LogP contribution in [0.25, 0.3) is 16.8 Å². The van der Waals surface area contributed by atoms with Gasteiger partial charge in [-0.25, -0.2) is 9.79 Å². The minimum Gasteiger partial charge on any atom is -0.496 e. The fourth-order valence-corrected chi connectivity index (χ4v) is 6.80. The molecule has 0 saturated heterocycles. The minimum absolute atomic E-state index is 0.193. The molecule has 47 heavy (non-hydrogen) atoms. The number of hydrogen-bond donors (Lipinski definition) is 0. The molecule has 0 amide bonds. The van der Waals surface area contributed by atoms with Crippen LogP contribution >= 0.6 is 11.3 Å². The maximum atomic E-state index is 14.3. The van der Waals surface area contributed by atoms with E-state index in [1.54, 1.807) is 30.7 Å². The Morgan fingerprint density at radius 2 is 1.79 bits per heavy atom. The van der Waals surface area contributed by atoms with E-state index in [4.69, 9.17) is 24.5 Å². The molecule has 5 aromatic rings. The monoisotopic (exact) mass is 643 g/mol. The van der Waals surface area contributed by atoms with Crippen molar-refractivity contribution in [2.45, 2.75) is 39.3 Å². The molecule has 0 N–H and O–H groups in total. The zero-order chi connectivity index (χ0) is 32.9. The second-order valence-electron chi connectivity index (χ2n) is 11.0. The minimum atomic E-state index is -0.798.